The first kappa shape index (κ1) is 16.0. The number of fused-ring (bicyclic) bond motifs is 1. The van der Waals surface area contributed by atoms with Crippen molar-refractivity contribution in [2.24, 2.45) is 0 Å². The lowest BCUT2D eigenvalue weighted by Gasteiger charge is -2.13. The van der Waals surface area contributed by atoms with Gasteiger partial charge < -0.3 is 19.7 Å². The van der Waals surface area contributed by atoms with Crippen LogP contribution >= 0.6 is 0 Å². The molecule has 2 amide bonds. The highest BCUT2D eigenvalue weighted by atomic mass is 16.5. The zero-order valence-electron chi connectivity index (χ0n) is 13.0. The highest BCUT2D eigenvalue weighted by Crippen LogP contribution is 2.27. The van der Waals surface area contributed by atoms with Crippen molar-refractivity contribution in [3.05, 3.63) is 41.2 Å². The van der Waals surface area contributed by atoms with Crippen LogP contribution in [0.1, 0.15) is 23.0 Å². The molecule has 0 spiro atoms. The SMILES string of the molecule is Cc1cc(NC(=O)C(=O)NC[C@H](O)c2ccc3c(c2)CCO3)no1. The maximum absolute atomic E-state index is 11.8. The van der Waals surface area contributed by atoms with Gasteiger partial charge in [0.15, 0.2) is 5.82 Å². The van der Waals surface area contributed by atoms with Crippen LogP contribution in [0.4, 0.5) is 5.82 Å². The molecule has 0 fully saturated rings. The number of rotatable bonds is 4. The van der Waals surface area contributed by atoms with Gasteiger partial charge in [-0.3, -0.25) is 14.9 Å². The molecule has 0 radical (unpaired) electrons. The molecule has 3 rings (SSSR count). The highest BCUT2D eigenvalue weighted by molar-refractivity contribution is 6.39. The molecule has 0 aliphatic carbocycles. The first-order valence-corrected chi connectivity index (χ1v) is 7.49. The Morgan fingerprint density at radius 2 is 2.17 bits per heavy atom. The van der Waals surface area contributed by atoms with Crippen molar-refractivity contribution in [1.82, 2.24) is 10.5 Å². The molecule has 1 atom stereocenters. The maximum Gasteiger partial charge on any atom is 0.314 e. The molecule has 0 bridgehead atoms. The van der Waals surface area contributed by atoms with E-state index in [0.717, 1.165) is 17.7 Å². The summed E-state index contributed by atoms with van der Waals surface area (Å²) in [5.74, 6) is -0.247. The normalized spacial score (nSPS) is 13.8. The molecule has 3 N–H and O–H groups in total. The number of hydrogen-bond acceptors (Lipinski definition) is 6. The lowest BCUT2D eigenvalue weighted by atomic mass is 10.0. The largest absolute Gasteiger partial charge is 0.493 e. The summed E-state index contributed by atoms with van der Waals surface area (Å²) in [4.78, 5) is 23.5. The van der Waals surface area contributed by atoms with E-state index in [4.69, 9.17) is 9.26 Å². The molecular weight excluding hydrogens is 314 g/mol. The van der Waals surface area contributed by atoms with Crippen LogP contribution in [0.3, 0.4) is 0 Å². The van der Waals surface area contributed by atoms with Crippen LogP contribution < -0.4 is 15.4 Å². The van der Waals surface area contributed by atoms with E-state index in [1.807, 2.05) is 6.07 Å². The van der Waals surface area contributed by atoms with E-state index in [9.17, 15) is 14.7 Å². The number of amides is 2. The summed E-state index contributed by atoms with van der Waals surface area (Å²) in [7, 11) is 0. The van der Waals surface area contributed by atoms with Crippen molar-refractivity contribution in [2.75, 3.05) is 18.5 Å². The third kappa shape index (κ3) is 3.54. The van der Waals surface area contributed by atoms with Gasteiger partial charge >= 0.3 is 11.8 Å². The van der Waals surface area contributed by atoms with Crippen molar-refractivity contribution >= 4 is 17.6 Å². The van der Waals surface area contributed by atoms with Crippen molar-refractivity contribution in [3.63, 3.8) is 0 Å². The number of anilines is 1. The second-order valence-corrected chi connectivity index (χ2v) is 5.47. The Labute approximate surface area is 137 Å². The van der Waals surface area contributed by atoms with E-state index in [2.05, 4.69) is 15.8 Å². The third-order valence-corrected chi connectivity index (χ3v) is 3.63. The van der Waals surface area contributed by atoms with Gasteiger partial charge in [-0.15, -0.1) is 0 Å². The fourth-order valence-electron chi connectivity index (χ4n) is 2.40. The molecule has 0 unspecified atom stereocenters. The molecule has 1 aromatic heterocycles. The zero-order valence-corrected chi connectivity index (χ0v) is 13.0. The minimum Gasteiger partial charge on any atom is -0.493 e. The highest BCUT2D eigenvalue weighted by Gasteiger charge is 2.19. The number of hydrogen-bond donors (Lipinski definition) is 3. The second-order valence-electron chi connectivity index (χ2n) is 5.47. The summed E-state index contributed by atoms with van der Waals surface area (Å²) in [6, 6.07) is 6.87. The quantitative estimate of drug-likeness (QED) is 0.711. The van der Waals surface area contributed by atoms with Crippen LogP contribution in [0.25, 0.3) is 0 Å². The Kier molecular flexibility index (Phi) is 4.48. The van der Waals surface area contributed by atoms with Crippen molar-refractivity contribution in [1.29, 1.82) is 0 Å². The van der Waals surface area contributed by atoms with Crippen LogP contribution in [0.15, 0.2) is 28.8 Å². The van der Waals surface area contributed by atoms with E-state index < -0.39 is 17.9 Å². The van der Waals surface area contributed by atoms with Crippen LogP contribution in [0.5, 0.6) is 5.75 Å². The monoisotopic (exact) mass is 331 g/mol. The molecule has 0 saturated heterocycles. The number of nitrogens with zero attached hydrogens (tertiary/aromatic N) is 1. The van der Waals surface area contributed by atoms with Gasteiger partial charge in [-0.2, -0.15) is 0 Å². The van der Waals surface area contributed by atoms with E-state index in [0.29, 0.717) is 17.9 Å². The summed E-state index contributed by atoms with van der Waals surface area (Å²) >= 11 is 0. The van der Waals surface area contributed by atoms with Crippen LogP contribution in [0.2, 0.25) is 0 Å². The van der Waals surface area contributed by atoms with Gasteiger partial charge in [0.1, 0.15) is 11.5 Å². The molecule has 1 aliphatic rings. The van der Waals surface area contributed by atoms with Crippen molar-refractivity contribution in [2.45, 2.75) is 19.4 Å². The lowest BCUT2D eigenvalue weighted by molar-refractivity contribution is -0.136. The van der Waals surface area contributed by atoms with Gasteiger partial charge in [0.2, 0.25) is 0 Å². The summed E-state index contributed by atoms with van der Waals surface area (Å²) in [6.07, 6.45) is -0.121. The van der Waals surface area contributed by atoms with Gasteiger partial charge in [-0.25, -0.2) is 0 Å². The first-order valence-electron chi connectivity index (χ1n) is 7.49. The Balaban J connectivity index is 1.52. The number of aliphatic hydroxyl groups excluding tert-OH is 1. The number of nitrogens with one attached hydrogen (secondary N) is 2. The molecule has 1 aliphatic heterocycles. The molecule has 24 heavy (non-hydrogen) atoms. The Morgan fingerprint density at radius 1 is 1.33 bits per heavy atom. The van der Waals surface area contributed by atoms with E-state index in [1.54, 1.807) is 19.1 Å². The lowest BCUT2D eigenvalue weighted by Crippen LogP contribution is -2.37. The fraction of sp³-hybridized carbons (Fsp3) is 0.312. The molecule has 8 nitrogen and oxygen atoms in total. The topological polar surface area (TPSA) is 114 Å². The Morgan fingerprint density at radius 3 is 2.92 bits per heavy atom. The van der Waals surface area contributed by atoms with E-state index in [1.165, 1.54) is 6.07 Å². The van der Waals surface area contributed by atoms with Crippen LogP contribution in [-0.4, -0.2) is 35.2 Å². The standard InChI is InChI=1S/C16H17N3O5/c1-9-6-14(19-24-9)18-16(22)15(21)17-8-12(20)10-2-3-13-11(7-10)4-5-23-13/h2-3,6-7,12,20H,4-5,8H2,1H3,(H,17,21)(H,18,19,22)/t12-/m0/s1. The summed E-state index contributed by atoms with van der Waals surface area (Å²) in [5, 5.41) is 18.4. The molecule has 0 saturated carbocycles. The van der Waals surface area contributed by atoms with Gasteiger partial charge in [0.25, 0.3) is 0 Å². The van der Waals surface area contributed by atoms with E-state index in [-0.39, 0.29) is 12.4 Å². The average Bonchev–Trinajstić information content (AvgIpc) is 3.20. The number of ether oxygens (including phenoxy) is 1. The van der Waals surface area contributed by atoms with Gasteiger partial charge in [0.05, 0.1) is 12.7 Å². The van der Waals surface area contributed by atoms with E-state index >= 15 is 0 Å². The second kappa shape index (κ2) is 6.71. The maximum atomic E-state index is 11.8. The molecular formula is C16H17N3O5. The molecule has 126 valence electrons. The Bertz CT molecular complexity index is 771. The van der Waals surface area contributed by atoms with Crippen LogP contribution in [-0.2, 0) is 16.0 Å². The Hall–Kier alpha value is -2.87. The molecule has 8 heteroatoms. The van der Waals surface area contributed by atoms with Gasteiger partial charge in [-0.1, -0.05) is 11.2 Å². The van der Waals surface area contributed by atoms with Crippen molar-refractivity contribution < 1.29 is 24.0 Å². The molecule has 2 aromatic rings. The number of aryl methyl sites for hydroxylation is 1. The number of benzene rings is 1. The number of carbonyl (C=O) groups excluding carboxylic acids is 2. The number of aliphatic hydroxyl groups is 1. The zero-order chi connectivity index (χ0) is 17.1. The number of carbonyl (C=O) groups is 2. The number of aromatic nitrogens is 1. The summed E-state index contributed by atoms with van der Waals surface area (Å²) in [6.45, 7) is 2.22. The third-order valence-electron chi connectivity index (χ3n) is 3.63. The molecule has 1 aromatic carbocycles. The van der Waals surface area contributed by atoms with Crippen molar-refractivity contribution in [3.8, 4) is 5.75 Å². The summed E-state index contributed by atoms with van der Waals surface area (Å²) < 4.78 is 10.2. The van der Waals surface area contributed by atoms with Gasteiger partial charge in [-0.05, 0) is 30.2 Å². The summed E-state index contributed by atoms with van der Waals surface area (Å²) in [5.41, 5.74) is 1.68. The first-order chi connectivity index (χ1) is 11.5. The van der Waals surface area contributed by atoms with Gasteiger partial charge in [0, 0.05) is 19.0 Å². The minimum atomic E-state index is -0.915. The predicted molar refractivity (Wildman–Crippen MR) is 83.5 cm³/mol. The minimum absolute atomic E-state index is 0.0796. The average molecular weight is 331 g/mol. The van der Waals surface area contributed by atoms with Crippen LogP contribution in [0, 0.1) is 6.92 Å². The fourth-order valence-corrected chi connectivity index (χ4v) is 2.40. The molecule has 2 heterocycles. The predicted octanol–water partition coefficient (Wildman–Crippen LogP) is 0.706. The smallest absolute Gasteiger partial charge is 0.314 e.